The maximum absolute atomic E-state index is 4.53. The summed E-state index contributed by atoms with van der Waals surface area (Å²) < 4.78 is 0.910. The van der Waals surface area contributed by atoms with E-state index in [1.54, 1.807) is 6.20 Å². The number of rotatable bonds is 7. The molecule has 1 aliphatic rings. The molecular formula is C14H24BrN5. The molecule has 2 rings (SSSR count). The standard InChI is InChI=1S/C14H24BrN5/c1-3-6-16-14-17-9-12(15)13(19-14)18-11(2)10-20-7-4-5-8-20/h9,11H,3-8,10H2,1-2H3,(H2,16,17,18,19). The van der Waals surface area contributed by atoms with Gasteiger partial charge in [-0.3, -0.25) is 0 Å². The maximum Gasteiger partial charge on any atom is 0.224 e. The summed E-state index contributed by atoms with van der Waals surface area (Å²) in [5, 5.41) is 6.69. The Balaban J connectivity index is 1.92. The van der Waals surface area contributed by atoms with Crippen LogP contribution in [-0.2, 0) is 0 Å². The molecule has 112 valence electrons. The van der Waals surface area contributed by atoms with Gasteiger partial charge in [-0.15, -0.1) is 0 Å². The number of halogens is 1. The van der Waals surface area contributed by atoms with E-state index in [0.29, 0.717) is 12.0 Å². The van der Waals surface area contributed by atoms with Gasteiger partial charge in [0.05, 0.1) is 4.47 Å². The van der Waals surface area contributed by atoms with Crippen molar-refractivity contribution in [2.24, 2.45) is 0 Å². The van der Waals surface area contributed by atoms with E-state index in [2.05, 4.69) is 55.3 Å². The molecule has 5 nitrogen and oxygen atoms in total. The largest absolute Gasteiger partial charge is 0.365 e. The third-order valence-corrected chi connectivity index (χ3v) is 3.97. The van der Waals surface area contributed by atoms with Crippen molar-refractivity contribution in [3.05, 3.63) is 10.7 Å². The maximum atomic E-state index is 4.53. The van der Waals surface area contributed by atoms with E-state index in [9.17, 15) is 0 Å². The second-order valence-corrected chi connectivity index (χ2v) is 6.22. The molecular weight excluding hydrogens is 318 g/mol. The van der Waals surface area contributed by atoms with Gasteiger partial charge in [0.2, 0.25) is 5.95 Å². The van der Waals surface area contributed by atoms with Gasteiger partial charge < -0.3 is 15.5 Å². The lowest BCUT2D eigenvalue weighted by atomic mass is 10.3. The van der Waals surface area contributed by atoms with E-state index in [-0.39, 0.29) is 0 Å². The molecule has 1 aromatic heterocycles. The first-order valence-corrected chi connectivity index (χ1v) is 8.23. The summed E-state index contributed by atoms with van der Waals surface area (Å²) in [6.45, 7) is 8.73. The average molecular weight is 342 g/mol. The number of nitrogens with zero attached hydrogens (tertiary/aromatic N) is 3. The molecule has 0 aromatic carbocycles. The van der Waals surface area contributed by atoms with Gasteiger partial charge in [0.25, 0.3) is 0 Å². The fraction of sp³-hybridized carbons (Fsp3) is 0.714. The van der Waals surface area contributed by atoms with E-state index in [1.807, 2.05) is 0 Å². The lowest BCUT2D eigenvalue weighted by molar-refractivity contribution is 0.327. The second-order valence-electron chi connectivity index (χ2n) is 5.37. The molecule has 2 N–H and O–H groups in total. The predicted molar refractivity (Wildman–Crippen MR) is 87.3 cm³/mol. The van der Waals surface area contributed by atoms with Crippen LogP contribution in [0.1, 0.15) is 33.1 Å². The number of hydrogen-bond acceptors (Lipinski definition) is 5. The lowest BCUT2D eigenvalue weighted by Gasteiger charge is -2.22. The summed E-state index contributed by atoms with van der Waals surface area (Å²) in [5.74, 6) is 1.55. The molecule has 20 heavy (non-hydrogen) atoms. The van der Waals surface area contributed by atoms with Crippen molar-refractivity contribution < 1.29 is 0 Å². The highest BCUT2D eigenvalue weighted by molar-refractivity contribution is 9.10. The molecule has 1 aliphatic heterocycles. The zero-order valence-corrected chi connectivity index (χ0v) is 13.9. The van der Waals surface area contributed by atoms with E-state index in [0.717, 1.165) is 29.8 Å². The van der Waals surface area contributed by atoms with Crippen molar-refractivity contribution in [1.29, 1.82) is 0 Å². The predicted octanol–water partition coefficient (Wildman–Crippen LogP) is 2.96. The fourth-order valence-corrected chi connectivity index (χ4v) is 2.73. The third-order valence-electron chi connectivity index (χ3n) is 3.39. The molecule has 0 aliphatic carbocycles. The van der Waals surface area contributed by atoms with Crippen LogP contribution in [0, 0.1) is 0 Å². The summed E-state index contributed by atoms with van der Waals surface area (Å²) in [4.78, 5) is 11.3. The molecule has 1 saturated heterocycles. The van der Waals surface area contributed by atoms with Crippen LogP contribution in [0.5, 0.6) is 0 Å². The molecule has 0 saturated carbocycles. The number of anilines is 2. The number of nitrogens with one attached hydrogen (secondary N) is 2. The van der Waals surface area contributed by atoms with Gasteiger partial charge >= 0.3 is 0 Å². The van der Waals surface area contributed by atoms with Crippen LogP contribution in [0.2, 0.25) is 0 Å². The van der Waals surface area contributed by atoms with E-state index < -0.39 is 0 Å². The van der Waals surface area contributed by atoms with Gasteiger partial charge in [0, 0.05) is 25.3 Å². The van der Waals surface area contributed by atoms with Crippen molar-refractivity contribution in [3.8, 4) is 0 Å². The summed E-state index contributed by atoms with van der Waals surface area (Å²) >= 11 is 3.51. The Kier molecular flexibility index (Phi) is 6.04. The van der Waals surface area contributed by atoms with E-state index in [1.165, 1.54) is 25.9 Å². The van der Waals surface area contributed by atoms with E-state index >= 15 is 0 Å². The Hall–Kier alpha value is -0.880. The van der Waals surface area contributed by atoms with Crippen molar-refractivity contribution in [2.75, 3.05) is 36.8 Å². The van der Waals surface area contributed by atoms with Gasteiger partial charge in [0.1, 0.15) is 5.82 Å². The van der Waals surface area contributed by atoms with Crippen molar-refractivity contribution >= 4 is 27.7 Å². The van der Waals surface area contributed by atoms with Gasteiger partial charge in [-0.25, -0.2) is 4.98 Å². The minimum atomic E-state index is 0.373. The minimum Gasteiger partial charge on any atom is -0.365 e. The van der Waals surface area contributed by atoms with Crippen LogP contribution in [0.15, 0.2) is 10.7 Å². The van der Waals surface area contributed by atoms with Gasteiger partial charge in [-0.2, -0.15) is 4.98 Å². The smallest absolute Gasteiger partial charge is 0.224 e. The molecule has 1 fully saturated rings. The van der Waals surface area contributed by atoms with Gasteiger partial charge in [-0.05, 0) is 55.2 Å². The van der Waals surface area contributed by atoms with Crippen molar-refractivity contribution in [2.45, 2.75) is 39.2 Å². The van der Waals surface area contributed by atoms with Crippen molar-refractivity contribution in [3.63, 3.8) is 0 Å². The minimum absolute atomic E-state index is 0.373. The monoisotopic (exact) mass is 341 g/mol. The Morgan fingerprint density at radius 1 is 1.40 bits per heavy atom. The van der Waals surface area contributed by atoms with Crippen LogP contribution in [0.25, 0.3) is 0 Å². The highest BCUT2D eigenvalue weighted by Crippen LogP contribution is 2.21. The Labute approximate surface area is 129 Å². The van der Waals surface area contributed by atoms with Crippen LogP contribution >= 0.6 is 15.9 Å². The molecule has 1 unspecified atom stereocenters. The molecule has 0 amide bonds. The number of aromatic nitrogens is 2. The summed E-state index contributed by atoms with van der Waals surface area (Å²) in [6.07, 6.45) is 5.52. The SMILES string of the molecule is CCCNc1ncc(Br)c(NC(C)CN2CCCC2)n1. The summed E-state index contributed by atoms with van der Waals surface area (Å²) in [6, 6.07) is 0.373. The van der Waals surface area contributed by atoms with Crippen LogP contribution in [-0.4, -0.2) is 47.1 Å². The Bertz CT molecular complexity index is 420. The van der Waals surface area contributed by atoms with Crippen LogP contribution in [0.3, 0.4) is 0 Å². The van der Waals surface area contributed by atoms with Crippen LogP contribution in [0.4, 0.5) is 11.8 Å². The lowest BCUT2D eigenvalue weighted by Crippen LogP contribution is -2.33. The highest BCUT2D eigenvalue weighted by Gasteiger charge is 2.15. The molecule has 0 bridgehead atoms. The average Bonchev–Trinajstić information content (AvgIpc) is 2.92. The normalized spacial score (nSPS) is 17.1. The first-order chi connectivity index (χ1) is 9.69. The zero-order valence-electron chi connectivity index (χ0n) is 12.3. The van der Waals surface area contributed by atoms with E-state index in [4.69, 9.17) is 0 Å². The van der Waals surface area contributed by atoms with Gasteiger partial charge in [0.15, 0.2) is 0 Å². The summed E-state index contributed by atoms with van der Waals surface area (Å²) in [7, 11) is 0. The molecule has 0 radical (unpaired) electrons. The summed E-state index contributed by atoms with van der Waals surface area (Å²) in [5.41, 5.74) is 0. The Morgan fingerprint density at radius 3 is 2.85 bits per heavy atom. The first-order valence-electron chi connectivity index (χ1n) is 7.44. The number of hydrogen-bond donors (Lipinski definition) is 2. The van der Waals surface area contributed by atoms with Gasteiger partial charge in [-0.1, -0.05) is 6.92 Å². The molecule has 1 atom stereocenters. The zero-order chi connectivity index (χ0) is 14.4. The highest BCUT2D eigenvalue weighted by atomic mass is 79.9. The third kappa shape index (κ3) is 4.59. The van der Waals surface area contributed by atoms with Crippen LogP contribution < -0.4 is 10.6 Å². The molecule has 0 spiro atoms. The van der Waals surface area contributed by atoms with Crippen molar-refractivity contribution in [1.82, 2.24) is 14.9 Å². The molecule has 6 heteroatoms. The Morgan fingerprint density at radius 2 is 2.15 bits per heavy atom. The fourth-order valence-electron chi connectivity index (χ4n) is 2.42. The second kappa shape index (κ2) is 7.78. The number of likely N-dealkylation sites (tertiary alicyclic amines) is 1. The quantitative estimate of drug-likeness (QED) is 0.798. The molecule has 2 heterocycles. The topological polar surface area (TPSA) is 53.1 Å². The molecule has 1 aromatic rings. The first kappa shape index (κ1) is 15.5.